The smallest absolute Gasteiger partial charge is 0.234 e. The van der Waals surface area contributed by atoms with Gasteiger partial charge in [0.15, 0.2) is 0 Å². The third-order valence-electron chi connectivity index (χ3n) is 2.68. The second kappa shape index (κ2) is 5.94. The normalized spacial score (nSPS) is 20.8. The zero-order chi connectivity index (χ0) is 13.0. The summed E-state index contributed by atoms with van der Waals surface area (Å²) < 4.78 is 29.8. The van der Waals surface area contributed by atoms with Crippen molar-refractivity contribution in [3.63, 3.8) is 0 Å². The van der Waals surface area contributed by atoms with Gasteiger partial charge in [0.2, 0.25) is 19.3 Å². The van der Waals surface area contributed by atoms with E-state index < -0.39 is 9.84 Å². The Balaban J connectivity index is 2.04. The molecule has 2 rings (SSSR count). The number of rotatable bonds is 5. The predicted octanol–water partition coefficient (Wildman–Crippen LogP) is 1.31. The zero-order valence-corrected chi connectivity index (χ0v) is 11.9. The van der Waals surface area contributed by atoms with Gasteiger partial charge in [0.25, 0.3) is 0 Å². The molecule has 1 aromatic rings. The van der Waals surface area contributed by atoms with E-state index in [1.165, 1.54) is 0 Å². The van der Waals surface area contributed by atoms with Crippen LogP contribution in [0.15, 0.2) is 4.34 Å². The Morgan fingerprint density at radius 2 is 2.28 bits per heavy atom. The van der Waals surface area contributed by atoms with Gasteiger partial charge in [-0.25, -0.2) is 8.42 Å². The van der Waals surface area contributed by atoms with Crippen LogP contribution in [0.25, 0.3) is 0 Å². The highest BCUT2D eigenvalue weighted by molar-refractivity contribution is 7.93. The minimum atomic E-state index is -3.38. The molecule has 6 nitrogen and oxygen atoms in total. The number of aromatic nitrogens is 2. The minimum absolute atomic E-state index is 0.00770. The quantitative estimate of drug-likeness (QED) is 0.881. The maximum Gasteiger partial charge on any atom is 0.234 e. The Morgan fingerprint density at radius 3 is 2.94 bits per heavy atom. The second-order valence-electron chi connectivity index (χ2n) is 4.17. The van der Waals surface area contributed by atoms with Crippen molar-refractivity contribution in [1.82, 2.24) is 10.2 Å². The van der Waals surface area contributed by atoms with Crippen LogP contribution < -0.4 is 5.32 Å². The maximum atomic E-state index is 12.1. The number of hydrogen-bond acceptors (Lipinski definition) is 7. The fourth-order valence-electron chi connectivity index (χ4n) is 1.81. The van der Waals surface area contributed by atoms with Gasteiger partial charge in [0.1, 0.15) is 0 Å². The van der Waals surface area contributed by atoms with E-state index in [0.717, 1.165) is 30.6 Å². The molecule has 1 fully saturated rings. The van der Waals surface area contributed by atoms with E-state index in [-0.39, 0.29) is 16.2 Å². The first-order chi connectivity index (χ1) is 8.62. The van der Waals surface area contributed by atoms with Crippen LogP contribution in [0.2, 0.25) is 0 Å². The number of sulfone groups is 1. The van der Waals surface area contributed by atoms with E-state index in [1.807, 2.05) is 6.92 Å². The summed E-state index contributed by atoms with van der Waals surface area (Å²) in [5, 5.41) is 11.0. The van der Waals surface area contributed by atoms with Crippen LogP contribution >= 0.6 is 11.3 Å². The van der Waals surface area contributed by atoms with Crippen molar-refractivity contribution in [2.75, 3.05) is 24.2 Å². The number of nitrogens with one attached hydrogen (secondary N) is 1. The van der Waals surface area contributed by atoms with Gasteiger partial charge in [-0.1, -0.05) is 11.3 Å². The van der Waals surface area contributed by atoms with Gasteiger partial charge in [0, 0.05) is 13.2 Å². The summed E-state index contributed by atoms with van der Waals surface area (Å²) in [6.07, 6.45) is 2.65. The standard InChI is InChI=1S/C10H17N3O3S2/c1-2-11-9-12-13-10(17-9)18(14,15)7-8-5-3-4-6-16-8/h8H,2-7H2,1H3,(H,11,12). The molecule has 0 radical (unpaired) electrons. The van der Waals surface area contributed by atoms with Crippen molar-refractivity contribution in [3.8, 4) is 0 Å². The van der Waals surface area contributed by atoms with Crippen LogP contribution in [-0.2, 0) is 14.6 Å². The van der Waals surface area contributed by atoms with Gasteiger partial charge < -0.3 is 10.1 Å². The number of ether oxygens (including phenoxy) is 1. The van der Waals surface area contributed by atoms with E-state index in [4.69, 9.17) is 4.74 Å². The lowest BCUT2D eigenvalue weighted by atomic mass is 10.1. The third kappa shape index (κ3) is 3.39. The molecule has 0 saturated carbocycles. The predicted molar refractivity (Wildman–Crippen MR) is 69.7 cm³/mol. The van der Waals surface area contributed by atoms with Crippen LogP contribution in [0.4, 0.5) is 5.13 Å². The van der Waals surface area contributed by atoms with Crippen molar-refractivity contribution in [2.24, 2.45) is 0 Å². The molecule has 0 spiro atoms. The molecule has 1 N–H and O–H groups in total. The van der Waals surface area contributed by atoms with E-state index in [2.05, 4.69) is 15.5 Å². The fraction of sp³-hybridized carbons (Fsp3) is 0.800. The third-order valence-corrected chi connectivity index (χ3v) is 5.79. The molecule has 2 heterocycles. The molecule has 0 amide bonds. The Labute approximate surface area is 111 Å². The van der Waals surface area contributed by atoms with Gasteiger partial charge in [-0.05, 0) is 26.2 Å². The van der Waals surface area contributed by atoms with Gasteiger partial charge in [-0.15, -0.1) is 10.2 Å². The Bertz CT molecular complexity index is 480. The topological polar surface area (TPSA) is 81.2 Å². The summed E-state index contributed by atoms with van der Waals surface area (Å²) in [6, 6.07) is 0. The molecule has 102 valence electrons. The van der Waals surface area contributed by atoms with Crippen LogP contribution in [0, 0.1) is 0 Å². The summed E-state index contributed by atoms with van der Waals surface area (Å²) in [7, 11) is -3.38. The first-order valence-electron chi connectivity index (χ1n) is 6.03. The average Bonchev–Trinajstić information content (AvgIpc) is 2.80. The SMILES string of the molecule is CCNc1nnc(S(=O)(=O)CC2CCCCO2)s1. The summed E-state index contributed by atoms with van der Waals surface area (Å²) in [5.74, 6) is 0.00770. The minimum Gasteiger partial charge on any atom is -0.377 e. The molecule has 1 unspecified atom stereocenters. The van der Waals surface area contributed by atoms with Crippen LogP contribution in [0.5, 0.6) is 0 Å². The van der Waals surface area contributed by atoms with Crippen molar-refractivity contribution in [1.29, 1.82) is 0 Å². The van der Waals surface area contributed by atoms with Gasteiger partial charge in [-0.2, -0.15) is 0 Å². The lowest BCUT2D eigenvalue weighted by Crippen LogP contribution is -2.27. The fourth-order valence-corrected chi connectivity index (χ4v) is 4.37. The molecule has 8 heteroatoms. The highest BCUT2D eigenvalue weighted by Gasteiger charge is 2.26. The summed E-state index contributed by atoms with van der Waals surface area (Å²) in [6.45, 7) is 3.27. The highest BCUT2D eigenvalue weighted by atomic mass is 32.2. The Hall–Kier alpha value is -0.730. The lowest BCUT2D eigenvalue weighted by Gasteiger charge is -2.21. The van der Waals surface area contributed by atoms with Crippen LogP contribution in [-0.4, -0.2) is 43.6 Å². The highest BCUT2D eigenvalue weighted by Crippen LogP contribution is 2.23. The lowest BCUT2D eigenvalue weighted by molar-refractivity contribution is 0.0305. The molecule has 0 bridgehead atoms. The molecule has 18 heavy (non-hydrogen) atoms. The Kier molecular flexibility index (Phi) is 4.52. The molecule has 1 atom stereocenters. The maximum absolute atomic E-state index is 12.1. The molecule has 1 aliphatic heterocycles. The van der Waals surface area contributed by atoms with Gasteiger partial charge in [-0.3, -0.25) is 0 Å². The van der Waals surface area contributed by atoms with Crippen LogP contribution in [0.3, 0.4) is 0 Å². The number of anilines is 1. The van der Waals surface area contributed by atoms with Crippen molar-refractivity contribution >= 4 is 26.3 Å². The van der Waals surface area contributed by atoms with E-state index in [9.17, 15) is 8.42 Å². The molecule has 0 aromatic carbocycles. The van der Waals surface area contributed by atoms with Crippen molar-refractivity contribution < 1.29 is 13.2 Å². The van der Waals surface area contributed by atoms with Gasteiger partial charge in [0.05, 0.1) is 11.9 Å². The van der Waals surface area contributed by atoms with Gasteiger partial charge >= 0.3 is 0 Å². The average molecular weight is 291 g/mol. The first kappa shape index (κ1) is 13.7. The Morgan fingerprint density at radius 1 is 1.44 bits per heavy atom. The molecular weight excluding hydrogens is 274 g/mol. The van der Waals surface area contributed by atoms with E-state index in [1.54, 1.807) is 0 Å². The largest absolute Gasteiger partial charge is 0.377 e. The number of nitrogens with zero attached hydrogens (tertiary/aromatic N) is 2. The van der Waals surface area contributed by atoms with Crippen molar-refractivity contribution in [3.05, 3.63) is 0 Å². The second-order valence-corrected chi connectivity index (χ2v) is 7.36. The number of hydrogen-bond donors (Lipinski definition) is 1. The van der Waals surface area contributed by atoms with E-state index in [0.29, 0.717) is 18.3 Å². The zero-order valence-electron chi connectivity index (χ0n) is 10.3. The molecule has 1 aliphatic rings. The summed E-state index contributed by atoms with van der Waals surface area (Å²) >= 11 is 1.08. The molecule has 1 saturated heterocycles. The summed E-state index contributed by atoms with van der Waals surface area (Å²) in [4.78, 5) is 0. The molecule has 0 aliphatic carbocycles. The molecule has 1 aromatic heterocycles. The monoisotopic (exact) mass is 291 g/mol. The van der Waals surface area contributed by atoms with E-state index >= 15 is 0 Å². The molecular formula is C10H17N3O3S2. The van der Waals surface area contributed by atoms with Crippen molar-refractivity contribution in [2.45, 2.75) is 36.6 Å². The summed E-state index contributed by atoms with van der Waals surface area (Å²) in [5.41, 5.74) is 0. The van der Waals surface area contributed by atoms with Crippen LogP contribution in [0.1, 0.15) is 26.2 Å². The first-order valence-corrected chi connectivity index (χ1v) is 8.50.